The average molecular weight is 345 g/mol. The van der Waals surface area contributed by atoms with Crippen LogP contribution in [0.2, 0.25) is 0 Å². The van der Waals surface area contributed by atoms with Gasteiger partial charge in [0.25, 0.3) is 0 Å². The zero-order valence-electron chi connectivity index (χ0n) is 13.3. The van der Waals surface area contributed by atoms with Crippen LogP contribution in [-0.2, 0) is 0 Å². The van der Waals surface area contributed by atoms with Crippen LogP contribution < -0.4 is 4.74 Å². The lowest BCUT2D eigenvalue weighted by Gasteiger charge is -2.12. The summed E-state index contributed by atoms with van der Waals surface area (Å²) in [4.78, 5) is 0. The molecule has 0 atom stereocenters. The predicted molar refractivity (Wildman–Crippen MR) is 101 cm³/mol. The Hall–Kier alpha value is -3.18. The van der Waals surface area contributed by atoms with Gasteiger partial charge in [0.2, 0.25) is 0 Å². The molecule has 0 saturated heterocycles. The lowest BCUT2D eigenvalue weighted by atomic mass is 10.2. The molecule has 5 heteroatoms. The van der Waals surface area contributed by atoms with E-state index in [0.717, 1.165) is 22.7 Å². The van der Waals surface area contributed by atoms with Gasteiger partial charge in [0, 0.05) is 5.69 Å². The minimum atomic E-state index is 0.538. The molecule has 0 amide bonds. The van der Waals surface area contributed by atoms with E-state index in [1.807, 2.05) is 89.5 Å². The number of nitrogens with zero attached hydrogens (tertiary/aromatic N) is 2. The maximum Gasteiger partial charge on any atom is 0.200 e. The second kappa shape index (κ2) is 6.75. The van der Waals surface area contributed by atoms with Crippen LogP contribution in [0.5, 0.6) is 11.5 Å². The number of hydrogen-bond acceptors (Lipinski definition) is 3. The van der Waals surface area contributed by atoms with Crippen LogP contribution in [0, 0.1) is 4.77 Å². The van der Waals surface area contributed by atoms with E-state index < -0.39 is 0 Å². The molecule has 0 aliphatic rings. The van der Waals surface area contributed by atoms with Gasteiger partial charge in [-0.25, -0.2) is 0 Å². The second-order valence-corrected chi connectivity index (χ2v) is 5.82. The molecular weight excluding hydrogens is 330 g/mol. The summed E-state index contributed by atoms with van der Waals surface area (Å²) in [5, 5.41) is 7.32. The van der Waals surface area contributed by atoms with E-state index in [2.05, 4.69) is 10.2 Å². The highest BCUT2D eigenvalue weighted by Gasteiger charge is 2.15. The summed E-state index contributed by atoms with van der Waals surface area (Å²) in [6, 6.07) is 27.4. The molecule has 0 radical (unpaired) electrons. The number of para-hydroxylation sites is 3. The Morgan fingerprint density at radius 3 is 2.20 bits per heavy atom. The van der Waals surface area contributed by atoms with Crippen molar-refractivity contribution in [2.24, 2.45) is 0 Å². The Morgan fingerprint density at radius 1 is 0.800 bits per heavy atom. The summed E-state index contributed by atoms with van der Waals surface area (Å²) in [5.74, 6) is 2.21. The quantitative estimate of drug-likeness (QED) is 0.504. The Bertz CT molecular complexity index is 1040. The van der Waals surface area contributed by atoms with Gasteiger partial charge in [-0.2, -0.15) is 5.10 Å². The molecule has 0 fully saturated rings. The maximum atomic E-state index is 6.06. The second-order valence-electron chi connectivity index (χ2n) is 5.43. The molecule has 0 aliphatic heterocycles. The third-order valence-electron chi connectivity index (χ3n) is 3.79. The topological polar surface area (TPSA) is 42.8 Å². The normalized spacial score (nSPS) is 10.6. The number of hydrogen-bond donors (Lipinski definition) is 1. The van der Waals surface area contributed by atoms with Gasteiger partial charge in [-0.3, -0.25) is 9.67 Å². The van der Waals surface area contributed by atoms with E-state index in [0.29, 0.717) is 10.6 Å². The summed E-state index contributed by atoms with van der Waals surface area (Å²) in [5.41, 5.74) is 1.81. The van der Waals surface area contributed by atoms with Crippen LogP contribution in [0.1, 0.15) is 0 Å². The molecule has 1 N–H and O–H groups in total. The van der Waals surface area contributed by atoms with Crippen molar-refractivity contribution in [3.05, 3.63) is 89.7 Å². The van der Waals surface area contributed by atoms with Crippen LogP contribution in [0.3, 0.4) is 0 Å². The number of benzene rings is 3. The molecule has 0 saturated carbocycles. The van der Waals surface area contributed by atoms with E-state index in [1.165, 1.54) is 0 Å². The number of ether oxygens (including phenoxy) is 1. The Kier molecular flexibility index (Phi) is 4.14. The molecule has 1 aromatic heterocycles. The van der Waals surface area contributed by atoms with Gasteiger partial charge < -0.3 is 4.74 Å². The molecule has 0 spiro atoms. The fourth-order valence-corrected chi connectivity index (χ4v) is 2.89. The molecule has 4 nitrogen and oxygen atoms in total. The van der Waals surface area contributed by atoms with Crippen LogP contribution in [0.15, 0.2) is 84.9 Å². The van der Waals surface area contributed by atoms with Crippen molar-refractivity contribution >= 4 is 12.2 Å². The number of aromatic amines is 1. The fraction of sp³-hybridized carbons (Fsp3) is 0. The molecule has 0 aliphatic carbocycles. The van der Waals surface area contributed by atoms with Crippen LogP contribution in [0.25, 0.3) is 17.1 Å². The van der Waals surface area contributed by atoms with Crippen molar-refractivity contribution in [2.75, 3.05) is 0 Å². The van der Waals surface area contributed by atoms with Crippen LogP contribution >= 0.6 is 12.2 Å². The first kappa shape index (κ1) is 15.4. The smallest absolute Gasteiger partial charge is 0.200 e. The fourth-order valence-electron chi connectivity index (χ4n) is 2.65. The number of H-pyrrole nitrogens is 1. The van der Waals surface area contributed by atoms with Gasteiger partial charge in [-0.15, -0.1) is 0 Å². The van der Waals surface area contributed by atoms with Gasteiger partial charge in [0.1, 0.15) is 11.5 Å². The predicted octanol–water partition coefficient (Wildman–Crippen LogP) is 5.39. The van der Waals surface area contributed by atoms with E-state index in [1.54, 1.807) is 0 Å². The van der Waals surface area contributed by atoms with E-state index in [9.17, 15) is 0 Å². The SMILES string of the molecule is S=c1[nH]nc(-c2ccccc2Oc2ccccc2)n1-c1ccccc1. The summed E-state index contributed by atoms with van der Waals surface area (Å²) in [7, 11) is 0. The van der Waals surface area contributed by atoms with Crippen molar-refractivity contribution in [3.8, 4) is 28.6 Å². The van der Waals surface area contributed by atoms with Crippen molar-refractivity contribution in [1.29, 1.82) is 0 Å². The van der Waals surface area contributed by atoms with Crippen molar-refractivity contribution in [2.45, 2.75) is 0 Å². The van der Waals surface area contributed by atoms with Crippen LogP contribution in [0.4, 0.5) is 0 Å². The molecule has 4 aromatic rings. The third-order valence-corrected chi connectivity index (χ3v) is 4.06. The molecule has 4 rings (SSSR count). The summed E-state index contributed by atoms with van der Waals surface area (Å²) >= 11 is 5.43. The van der Waals surface area contributed by atoms with Crippen molar-refractivity contribution in [1.82, 2.24) is 14.8 Å². The first-order valence-corrected chi connectivity index (χ1v) is 8.29. The van der Waals surface area contributed by atoms with Crippen LogP contribution in [-0.4, -0.2) is 14.8 Å². The molecule has 0 unspecified atom stereocenters. The first-order chi connectivity index (χ1) is 12.3. The lowest BCUT2D eigenvalue weighted by molar-refractivity contribution is 0.484. The van der Waals surface area contributed by atoms with Gasteiger partial charge in [-0.1, -0.05) is 48.5 Å². The molecule has 3 aromatic carbocycles. The zero-order chi connectivity index (χ0) is 17.1. The average Bonchev–Trinajstić information content (AvgIpc) is 3.05. The standard InChI is InChI=1S/C20H15N3OS/c25-20-22-21-19(23(20)15-9-3-1-4-10-15)17-13-7-8-14-18(17)24-16-11-5-2-6-12-16/h1-14H,(H,22,25). The minimum Gasteiger partial charge on any atom is -0.457 e. The monoisotopic (exact) mass is 345 g/mol. The lowest BCUT2D eigenvalue weighted by Crippen LogP contribution is -1.99. The summed E-state index contributed by atoms with van der Waals surface area (Å²) in [6.45, 7) is 0. The molecule has 0 bridgehead atoms. The van der Waals surface area contributed by atoms with Gasteiger partial charge >= 0.3 is 0 Å². The highest BCUT2D eigenvalue weighted by molar-refractivity contribution is 7.71. The first-order valence-electron chi connectivity index (χ1n) is 7.88. The van der Waals surface area contributed by atoms with E-state index >= 15 is 0 Å². The summed E-state index contributed by atoms with van der Waals surface area (Å²) in [6.07, 6.45) is 0. The molecular formula is C20H15N3OS. The van der Waals surface area contributed by atoms with Gasteiger partial charge in [0.15, 0.2) is 10.6 Å². The zero-order valence-corrected chi connectivity index (χ0v) is 14.1. The maximum absolute atomic E-state index is 6.06. The largest absolute Gasteiger partial charge is 0.457 e. The molecule has 122 valence electrons. The molecule has 1 heterocycles. The van der Waals surface area contributed by atoms with E-state index in [4.69, 9.17) is 17.0 Å². The Balaban J connectivity index is 1.83. The Labute approximate surface area is 150 Å². The summed E-state index contributed by atoms with van der Waals surface area (Å²) < 4.78 is 8.51. The van der Waals surface area contributed by atoms with Crippen molar-refractivity contribution < 1.29 is 4.74 Å². The van der Waals surface area contributed by atoms with Gasteiger partial charge in [-0.05, 0) is 48.6 Å². The van der Waals surface area contributed by atoms with E-state index in [-0.39, 0.29) is 0 Å². The van der Waals surface area contributed by atoms with Gasteiger partial charge in [0.05, 0.1) is 5.56 Å². The molecule has 25 heavy (non-hydrogen) atoms. The Morgan fingerprint density at radius 2 is 1.44 bits per heavy atom. The highest BCUT2D eigenvalue weighted by atomic mass is 32.1. The third kappa shape index (κ3) is 3.09. The minimum absolute atomic E-state index is 0.538. The number of aromatic nitrogens is 3. The number of nitrogens with one attached hydrogen (secondary N) is 1. The van der Waals surface area contributed by atoms with Crippen molar-refractivity contribution in [3.63, 3.8) is 0 Å². The highest BCUT2D eigenvalue weighted by Crippen LogP contribution is 2.33. The number of rotatable bonds is 4.